The molecule has 0 heterocycles. The third-order valence-electron chi connectivity index (χ3n) is 3.90. The summed E-state index contributed by atoms with van der Waals surface area (Å²) in [5, 5.41) is 11.6. The Morgan fingerprint density at radius 2 is 1.88 bits per heavy atom. The van der Waals surface area contributed by atoms with E-state index in [2.05, 4.69) is 5.32 Å². The van der Waals surface area contributed by atoms with E-state index in [1.54, 1.807) is 30.3 Å². The van der Waals surface area contributed by atoms with Gasteiger partial charge in [-0.25, -0.2) is 4.39 Å². The molecule has 6 heteroatoms. The number of carbonyl (C=O) groups is 2. The number of rotatable bonds is 6. The van der Waals surface area contributed by atoms with Gasteiger partial charge in [0.15, 0.2) is 0 Å². The van der Waals surface area contributed by atoms with E-state index in [0.29, 0.717) is 23.1 Å². The number of nitrogens with zero attached hydrogens (tertiary/aromatic N) is 1. The fraction of sp³-hybridized carbons (Fsp3) is 0.250. The Balaban J connectivity index is 2.27. The van der Waals surface area contributed by atoms with Crippen molar-refractivity contribution in [2.45, 2.75) is 26.3 Å². The molecule has 0 fully saturated rings. The summed E-state index contributed by atoms with van der Waals surface area (Å²) >= 11 is 0. The zero-order valence-electron chi connectivity index (χ0n) is 14.6. The summed E-state index contributed by atoms with van der Waals surface area (Å²) in [5.74, 6) is -1.40. The number of benzene rings is 2. The molecule has 5 nitrogen and oxygen atoms in total. The van der Waals surface area contributed by atoms with Gasteiger partial charge in [-0.2, -0.15) is 5.26 Å². The Morgan fingerprint density at radius 3 is 2.50 bits per heavy atom. The highest BCUT2D eigenvalue weighted by atomic mass is 19.1. The Labute approximate surface area is 151 Å². The maximum atomic E-state index is 13.5. The van der Waals surface area contributed by atoms with Crippen LogP contribution in [0.1, 0.15) is 36.2 Å². The minimum Gasteiger partial charge on any atom is -0.368 e. The van der Waals surface area contributed by atoms with Crippen LogP contribution in [0.3, 0.4) is 0 Å². The van der Waals surface area contributed by atoms with Crippen LogP contribution in [0.4, 0.5) is 4.39 Å². The molecule has 2 amide bonds. The summed E-state index contributed by atoms with van der Waals surface area (Å²) in [5.41, 5.74) is 6.92. The zero-order chi connectivity index (χ0) is 19.3. The molecule has 0 unspecified atom stereocenters. The van der Waals surface area contributed by atoms with Crippen molar-refractivity contribution >= 4 is 11.8 Å². The number of hydrogen-bond acceptors (Lipinski definition) is 3. The molecule has 134 valence electrons. The maximum Gasteiger partial charge on any atom is 0.251 e. The van der Waals surface area contributed by atoms with E-state index in [1.165, 1.54) is 18.2 Å². The first-order valence-corrected chi connectivity index (χ1v) is 8.22. The van der Waals surface area contributed by atoms with E-state index < -0.39 is 23.7 Å². The van der Waals surface area contributed by atoms with Crippen molar-refractivity contribution in [2.24, 2.45) is 11.7 Å². The number of hydrogen-bond donors (Lipinski definition) is 2. The fourth-order valence-corrected chi connectivity index (χ4v) is 2.59. The van der Waals surface area contributed by atoms with Crippen molar-refractivity contribution in [3.63, 3.8) is 0 Å². The van der Waals surface area contributed by atoms with Gasteiger partial charge in [-0.3, -0.25) is 9.59 Å². The highest BCUT2D eigenvalue weighted by molar-refractivity contribution is 5.98. The number of halogens is 1. The molecule has 0 saturated carbocycles. The Kier molecular flexibility index (Phi) is 6.07. The monoisotopic (exact) mass is 353 g/mol. The number of carbonyl (C=O) groups excluding carboxylic acids is 2. The normalized spacial score (nSPS) is 11.7. The van der Waals surface area contributed by atoms with Crippen LogP contribution in [0, 0.1) is 23.1 Å². The number of nitrogens with two attached hydrogens (primary N) is 1. The summed E-state index contributed by atoms with van der Waals surface area (Å²) in [6.45, 7) is 3.87. The maximum absolute atomic E-state index is 13.5. The summed E-state index contributed by atoms with van der Waals surface area (Å²) in [4.78, 5) is 24.0. The second-order valence-corrected chi connectivity index (χ2v) is 6.45. The van der Waals surface area contributed by atoms with Crippen LogP contribution in [0.2, 0.25) is 0 Å². The SMILES string of the molecule is CC(C)C[C@H](NC(=O)c1cccc(-c2ccc(F)c(C#N)c2)c1)C(N)=O. The molecule has 0 aliphatic carbocycles. The van der Waals surface area contributed by atoms with Gasteiger partial charge >= 0.3 is 0 Å². The predicted molar refractivity (Wildman–Crippen MR) is 96.5 cm³/mol. The zero-order valence-corrected chi connectivity index (χ0v) is 14.6. The van der Waals surface area contributed by atoms with Crippen LogP contribution in [0.25, 0.3) is 11.1 Å². The van der Waals surface area contributed by atoms with Gasteiger partial charge in [-0.15, -0.1) is 0 Å². The van der Waals surface area contributed by atoms with Gasteiger partial charge in [0.25, 0.3) is 5.91 Å². The van der Waals surface area contributed by atoms with Crippen LogP contribution >= 0.6 is 0 Å². The van der Waals surface area contributed by atoms with Gasteiger partial charge in [-0.05, 0) is 47.7 Å². The average molecular weight is 353 g/mol. The van der Waals surface area contributed by atoms with Gasteiger partial charge in [0.05, 0.1) is 5.56 Å². The molecule has 0 aliphatic heterocycles. The first-order chi connectivity index (χ1) is 12.3. The highest BCUT2D eigenvalue weighted by Crippen LogP contribution is 2.23. The molecule has 0 aromatic heterocycles. The van der Waals surface area contributed by atoms with Crippen molar-refractivity contribution < 1.29 is 14.0 Å². The average Bonchev–Trinajstić information content (AvgIpc) is 2.61. The molecule has 2 rings (SSSR count). The molecule has 0 radical (unpaired) electrons. The van der Waals surface area contributed by atoms with Crippen LogP contribution in [0.5, 0.6) is 0 Å². The molecule has 2 aromatic carbocycles. The quantitative estimate of drug-likeness (QED) is 0.835. The standard InChI is InChI=1S/C20H20FN3O2/c1-12(2)8-18(19(23)25)24-20(26)15-5-3-4-13(9-15)14-6-7-17(21)16(10-14)11-22/h3-7,9-10,12,18H,8H2,1-2H3,(H2,23,25)(H,24,26)/t18-/m0/s1. The molecule has 0 saturated heterocycles. The predicted octanol–water partition coefficient (Wildman–Crippen LogP) is 2.99. The van der Waals surface area contributed by atoms with Crippen molar-refractivity contribution in [2.75, 3.05) is 0 Å². The largest absolute Gasteiger partial charge is 0.368 e. The molecule has 2 aromatic rings. The summed E-state index contributed by atoms with van der Waals surface area (Å²) in [6, 6.07) is 11.9. The summed E-state index contributed by atoms with van der Waals surface area (Å²) in [7, 11) is 0. The van der Waals surface area contributed by atoms with Crippen LogP contribution in [-0.2, 0) is 4.79 Å². The summed E-state index contributed by atoms with van der Waals surface area (Å²) < 4.78 is 13.5. The van der Waals surface area contributed by atoms with Crippen LogP contribution in [0.15, 0.2) is 42.5 Å². The molecule has 0 spiro atoms. The fourth-order valence-electron chi connectivity index (χ4n) is 2.59. The van der Waals surface area contributed by atoms with Crippen molar-refractivity contribution in [3.05, 3.63) is 59.4 Å². The second-order valence-electron chi connectivity index (χ2n) is 6.45. The van der Waals surface area contributed by atoms with E-state index in [1.807, 2.05) is 13.8 Å². The minimum absolute atomic E-state index is 0.0666. The number of amides is 2. The first-order valence-electron chi connectivity index (χ1n) is 8.22. The Morgan fingerprint density at radius 1 is 1.19 bits per heavy atom. The molecule has 0 aliphatic rings. The minimum atomic E-state index is -0.748. The topological polar surface area (TPSA) is 96.0 Å². The van der Waals surface area contributed by atoms with E-state index in [0.717, 1.165) is 0 Å². The van der Waals surface area contributed by atoms with E-state index >= 15 is 0 Å². The number of nitriles is 1. The third-order valence-corrected chi connectivity index (χ3v) is 3.90. The van der Waals surface area contributed by atoms with Gasteiger partial charge in [0.1, 0.15) is 17.9 Å². The number of nitrogens with one attached hydrogen (secondary N) is 1. The lowest BCUT2D eigenvalue weighted by Gasteiger charge is -2.17. The first kappa shape index (κ1) is 19.1. The summed E-state index contributed by atoms with van der Waals surface area (Å²) in [6.07, 6.45) is 0.449. The van der Waals surface area contributed by atoms with Gasteiger partial charge in [0, 0.05) is 5.56 Å². The van der Waals surface area contributed by atoms with Crippen LogP contribution in [-0.4, -0.2) is 17.9 Å². The van der Waals surface area contributed by atoms with Crippen LogP contribution < -0.4 is 11.1 Å². The van der Waals surface area contributed by atoms with Crippen molar-refractivity contribution in [3.8, 4) is 17.2 Å². The van der Waals surface area contributed by atoms with Crippen molar-refractivity contribution in [1.29, 1.82) is 5.26 Å². The second kappa shape index (κ2) is 8.26. The molecule has 3 N–H and O–H groups in total. The van der Waals surface area contributed by atoms with E-state index in [4.69, 9.17) is 11.0 Å². The Hall–Kier alpha value is -3.20. The lowest BCUT2D eigenvalue weighted by atomic mass is 10.00. The molecule has 0 bridgehead atoms. The molecular weight excluding hydrogens is 333 g/mol. The lowest BCUT2D eigenvalue weighted by molar-refractivity contribution is -0.120. The van der Waals surface area contributed by atoms with Crippen molar-refractivity contribution in [1.82, 2.24) is 5.32 Å². The van der Waals surface area contributed by atoms with E-state index in [-0.39, 0.29) is 11.5 Å². The van der Waals surface area contributed by atoms with Gasteiger partial charge in [-0.1, -0.05) is 32.0 Å². The third kappa shape index (κ3) is 4.67. The smallest absolute Gasteiger partial charge is 0.251 e. The molecular formula is C20H20FN3O2. The highest BCUT2D eigenvalue weighted by Gasteiger charge is 2.20. The van der Waals surface area contributed by atoms with E-state index in [9.17, 15) is 14.0 Å². The lowest BCUT2D eigenvalue weighted by Crippen LogP contribution is -2.45. The number of primary amides is 1. The Bertz CT molecular complexity index is 872. The molecule has 1 atom stereocenters. The van der Waals surface area contributed by atoms with Gasteiger partial charge in [0.2, 0.25) is 5.91 Å². The molecule has 26 heavy (non-hydrogen) atoms. The van der Waals surface area contributed by atoms with Gasteiger partial charge < -0.3 is 11.1 Å².